The molecule has 0 spiro atoms. The second kappa shape index (κ2) is 7.70. The predicted octanol–water partition coefficient (Wildman–Crippen LogP) is 4.06. The van der Waals surface area contributed by atoms with Crippen LogP contribution in [0.2, 0.25) is 0 Å². The lowest BCUT2D eigenvalue weighted by molar-refractivity contribution is 0.198. The van der Waals surface area contributed by atoms with Gasteiger partial charge in [0.15, 0.2) is 0 Å². The molecular weight excluding hydrogens is 327 g/mol. The standard InChI is InChI=1S/C21H21FN4/c22-19-7-5-17(6-8-19)20-21(25-11-10-24-20)18-4-2-12-26(15-18)14-16-3-1-9-23-13-16/h1,3,5-11,13,18H,2,4,12,14-15H2/t18-/m0/s1. The Morgan fingerprint density at radius 2 is 1.88 bits per heavy atom. The third-order valence-electron chi connectivity index (χ3n) is 4.87. The Hall–Kier alpha value is -2.66. The molecule has 0 unspecified atom stereocenters. The molecule has 4 nitrogen and oxygen atoms in total. The summed E-state index contributed by atoms with van der Waals surface area (Å²) in [6.07, 6.45) is 9.41. The molecule has 0 N–H and O–H groups in total. The highest BCUT2D eigenvalue weighted by atomic mass is 19.1. The van der Waals surface area contributed by atoms with E-state index in [9.17, 15) is 4.39 Å². The lowest BCUT2D eigenvalue weighted by atomic mass is 9.91. The molecule has 1 aromatic carbocycles. The van der Waals surface area contributed by atoms with Crippen molar-refractivity contribution in [2.24, 2.45) is 0 Å². The van der Waals surface area contributed by atoms with Crippen molar-refractivity contribution in [2.45, 2.75) is 25.3 Å². The zero-order valence-electron chi connectivity index (χ0n) is 14.6. The fourth-order valence-electron chi connectivity index (χ4n) is 3.65. The second-order valence-corrected chi connectivity index (χ2v) is 6.73. The van der Waals surface area contributed by atoms with Gasteiger partial charge in [0.2, 0.25) is 0 Å². The van der Waals surface area contributed by atoms with Crippen molar-refractivity contribution in [1.29, 1.82) is 0 Å². The van der Waals surface area contributed by atoms with E-state index in [0.29, 0.717) is 5.92 Å². The number of nitrogens with zero attached hydrogens (tertiary/aromatic N) is 4. The average molecular weight is 348 g/mol. The number of hydrogen-bond donors (Lipinski definition) is 0. The van der Waals surface area contributed by atoms with Gasteiger partial charge in [-0.25, -0.2) is 4.39 Å². The van der Waals surface area contributed by atoms with E-state index in [-0.39, 0.29) is 5.82 Å². The van der Waals surface area contributed by atoms with Gasteiger partial charge < -0.3 is 0 Å². The number of rotatable bonds is 4. The third kappa shape index (κ3) is 3.78. The van der Waals surface area contributed by atoms with Gasteiger partial charge in [-0.05, 0) is 55.3 Å². The van der Waals surface area contributed by atoms with Crippen LogP contribution in [0.4, 0.5) is 4.39 Å². The van der Waals surface area contributed by atoms with Gasteiger partial charge >= 0.3 is 0 Å². The van der Waals surface area contributed by atoms with Crippen LogP contribution in [0.3, 0.4) is 0 Å². The minimum Gasteiger partial charge on any atom is -0.298 e. The SMILES string of the molecule is Fc1ccc(-c2nccnc2[C@H]2CCCN(Cc3cccnc3)C2)cc1. The number of likely N-dealkylation sites (tertiary alicyclic amines) is 1. The fourth-order valence-corrected chi connectivity index (χ4v) is 3.65. The Kier molecular flexibility index (Phi) is 4.97. The number of hydrogen-bond acceptors (Lipinski definition) is 4. The summed E-state index contributed by atoms with van der Waals surface area (Å²) >= 11 is 0. The molecule has 1 fully saturated rings. The summed E-state index contributed by atoms with van der Waals surface area (Å²) in [6, 6.07) is 10.6. The van der Waals surface area contributed by atoms with E-state index in [4.69, 9.17) is 0 Å². The van der Waals surface area contributed by atoms with E-state index in [1.54, 1.807) is 30.7 Å². The van der Waals surface area contributed by atoms with E-state index < -0.39 is 0 Å². The molecule has 1 aliphatic heterocycles. The minimum atomic E-state index is -0.237. The number of aromatic nitrogens is 3. The smallest absolute Gasteiger partial charge is 0.123 e. The lowest BCUT2D eigenvalue weighted by Crippen LogP contribution is -2.34. The van der Waals surface area contributed by atoms with E-state index >= 15 is 0 Å². The zero-order chi connectivity index (χ0) is 17.8. The van der Waals surface area contributed by atoms with Crippen molar-refractivity contribution in [2.75, 3.05) is 13.1 Å². The highest BCUT2D eigenvalue weighted by Gasteiger charge is 2.25. The highest BCUT2D eigenvalue weighted by molar-refractivity contribution is 5.62. The molecule has 0 bridgehead atoms. The summed E-state index contributed by atoms with van der Waals surface area (Å²) in [6.45, 7) is 2.93. The van der Waals surface area contributed by atoms with Crippen molar-refractivity contribution >= 4 is 0 Å². The number of benzene rings is 1. The maximum absolute atomic E-state index is 13.3. The number of pyridine rings is 1. The van der Waals surface area contributed by atoms with Crippen LogP contribution in [0.25, 0.3) is 11.3 Å². The quantitative estimate of drug-likeness (QED) is 0.713. The molecule has 4 rings (SSSR count). The van der Waals surface area contributed by atoms with Gasteiger partial charge in [-0.15, -0.1) is 0 Å². The summed E-state index contributed by atoms with van der Waals surface area (Å²) in [4.78, 5) is 15.9. The van der Waals surface area contributed by atoms with Crippen LogP contribution in [-0.2, 0) is 6.54 Å². The van der Waals surface area contributed by atoms with Gasteiger partial charge in [-0.1, -0.05) is 6.07 Å². The second-order valence-electron chi connectivity index (χ2n) is 6.73. The third-order valence-corrected chi connectivity index (χ3v) is 4.87. The molecule has 1 aliphatic rings. The molecular formula is C21H21FN4. The first-order valence-electron chi connectivity index (χ1n) is 8.98. The Morgan fingerprint density at radius 3 is 2.69 bits per heavy atom. The Morgan fingerprint density at radius 1 is 1.04 bits per heavy atom. The van der Waals surface area contributed by atoms with E-state index in [0.717, 1.165) is 49.4 Å². The van der Waals surface area contributed by atoms with E-state index in [2.05, 4.69) is 25.9 Å². The Bertz CT molecular complexity index is 851. The van der Waals surface area contributed by atoms with Crippen LogP contribution in [0, 0.1) is 5.82 Å². The summed E-state index contributed by atoms with van der Waals surface area (Å²) in [5.74, 6) is 0.0914. The van der Waals surface area contributed by atoms with Crippen molar-refractivity contribution in [3.8, 4) is 11.3 Å². The summed E-state index contributed by atoms with van der Waals surface area (Å²) in [5.41, 5.74) is 4.01. The molecule has 2 aromatic heterocycles. The van der Waals surface area contributed by atoms with Crippen molar-refractivity contribution in [1.82, 2.24) is 19.9 Å². The van der Waals surface area contributed by atoms with E-state index in [1.807, 2.05) is 12.3 Å². The molecule has 26 heavy (non-hydrogen) atoms. The maximum Gasteiger partial charge on any atom is 0.123 e. The molecule has 1 saturated heterocycles. The van der Waals surface area contributed by atoms with Gasteiger partial charge in [0.05, 0.1) is 11.4 Å². The average Bonchev–Trinajstić information content (AvgIpc) is 2.70. The van der Waals surface area contributed by atoms with Crippen LogP contribution in [0.1, 0.15) is 30.0 Å². The van der Waals surface area contributed by atoms with Gasteiger partial charge in [-0.3, -0.25) is 19.9 Å². The molecule has 0 saturated carbocycles. The normalized spacial score (nSPS) is 18.0. The largest absolute Gasteiger partial charge is 0.298 e. The van der Waals surface area contributed by atoms with Crippen molar-refractivity contribution < 1.29 is 4.39 Å². The first-order valence-corrected chi connectivity index (χ1v) is 8.98. The molecule has 132 valence electrons. The van der Waals surface area contributed by atoms with Crippen molar-refractivity contribution in [3.05, 3.63) is 78.3 Å². The Labute approximate surface area is 152 Å². The summed E-state index contributed by atoms with van der Waals surface area (Å²) < 4.78 is 13.3. The number of halogens is 1. The first kappa shape index (κ1) is 16.8. The summed E-state index contributed by atoms with van der Waals surface area (Å²) in [5, 5.41) is 0. The van der Waals surface area contributed by atoms with Gasteiger partial charge in [0, 0.05) is 49.4 Å². The monoisotopic (exact) mass is 348 g/mol. The van der Waals surface area contributed by atoms with Crippen LogP contribution >= 0.6 is 0 Å². The van der Waals surface area contributed by atoms with E-state index in [1.165, 1.54) is 17.7 Å². The number of piperidine rings is 1. The van der Waals surface area contributed by atoms with Crippen LogP contribution in [0.5, 0.6) is 0 Å². The topological polar surface area (TPSA) is 41.9 Å². The molecule has 0 aliphatic carbocycles. The van der Waals surface area contributed by atoms with Crippen molar-refractivity contribution in [3.63, 3.8) is 0 Å². The predicted molar refractivity (Wildman–Crippen MR) is 98.9 cm³/mol. The van der Waals surface area contributed by atoms with Crippen LogP contribution in [-0.4, -0.2) is 32.9 Å². The minimum absolute atomic E-state index is 0.237. The van der Waals surface area contributed by atoms with Gasteiger partial charge in [0.1, 0.15) is 5.82 Å². The Balaban J connectivity index is 1.56. The molecule has 0 radical (unpaired) electrons. The maximum atomic E-state index is 13.3. The first-order chi connectivity index (χ1) is 12.8. The van der Waals surface area contributed by atoms with Crippen LogP contribution < -0.4 is 0 Å². The summed E-state index contributed by atoms with van der Waals surface area (Å²) in [7, 11) is 0. The molecule has 3 heterocycles. The van der Waals surface area contributed by atoms with Gasteiger partial charge in [0.25, 0.3) is 0 Å². The molecule has 0 amide bonds. The molecule has 3 aromatic rings. The lowest BCUT2D eigenvalue weighted by Gasteiger charge is -2.33. The van der Waals surface area contributed by atoms with Crippen LogP contribution in [0.15, 0.2) is 61.2 Å². The fraction of sp³-hybridized carbons (Fsp3) is 0.286. The molecule has 5 heteroatoms. The zero-order valence-corrected chi connectivity index (χ0v) is 14.6. The molecule has 1 atom stereocenters. The highest BCUT2D eigenvalue weighted by Crippen LogP contribution is 2.32. The van der Waals surface area contributed by atoms with Gasteiger partial charge in [-0.2, -0.15) is 0 Å².